The van der Waals surface area contributed by atoms with Crippen molar-refractivity contribution in [1.29, 1.82) is 0 Å². The molecule has 0 saturated heterocycles. The smallest absolute Gasteiger partial charge is 0.336 e. The summed E-state index contributed by atoms with van der Waals surface area (Å²) in [5, 5.41) is 42.6. The van der Waals surface area contributed by atoms with Gasteiger partial charge in [0.1, 0.15) is 0 Å². The van der Waals surface area contributed by atoms with E-state index in [0.717, 1.165) is 31.9 Å². The summed E-state index contributed by atoms with van der Waals surface area (Å²) >= 11 is 0. The summed E-state index contributed by atoms with van der Waals surface area (Å²) in [5.74, 6) is -5.27. The Morgan fingerprint density at radius 2 is 0.612 bits per heavy atom. The SMILES string of the molecule is O=C(O)c1ccc(-c2ccc([Si](c3ccccc3)(c3ccccc3)c3ccc(-c4ccc(C(=O)O)c(C(=O)O)c4)cc3)cc2)cc1C(=O)O. The maximum absolute atomic E-state index is 11.9. The molecule has 0 amide bonds. The molecule has 0 aliphatic rings. The minimum Gasteiger partial charge on any atom is -0.478 e. The van der Waals surface area contributed by atoms with Crippen molar-refractivity contribution in [2.75, 3.05) is 0 Å². The van der Waals surface area contributed by atoms with Crippen LogP contribution in [0.1, 0.15) is 41.4 Å². The Labute approximate surface area is 281 Å². The van der Waals surface area contributed by atoms with E-state index in [1.54, 1.807) is 12.1 Å². The second kappa shape index (κ2) is 13.3. The zero-order valence-corrected chi connectivity index (χ0v) is 26.8. The predicted molar refractivity (Wildman–Crippen MR) is 189 cm³/mol. The maximum Gasteiger partial charge on any atom is 0.336 e. The van der Waals surface area contributed by atoms with Gasteiger partial charge in [-0.25, -0.2) is 19.2 Å². The Kier molecular flexibility index (Phi) is 8.76. The van der Waals surface area contributed by atoms with Gasteiger partial charge < -0.3 is 20.4 Å². The molecule has 6 aromatic carbocycles. The molecule has 0 unspecified atom stereocenters. The molecule has 8 nitrogen and oxygen atoms in total. The highest BCUT2D eigenvalue weighted by atomic mass is 28.3. The second-order valence-electron chi connectivity index (χ2n) is 11.4. The van der Waals surface area contributed by atoms with Gasteiger partial charge in [0.25, 0.3) is 0 Å². The average molecular weight is 665 g/mol. The fraction of sp³-hybridized carbons (Fsp3) is 0. The van der Waals surface area contributed by atoms with Crippen LogP contribution in [0.4, 0.5) is 0 Å². The highest BCUT2D eigenvalue weighted by Gasteiger charge is 2.41. The van der Waals surface area contributed by atoms with Crippen LogP contribution in [-0.4, -0.2) is 52.4 Å². The predicted octanol–water partition coefficient (Wildman–Crippen LogP) is 5.19. The van der Waals surface area contributed by atoms with E-state index in [2.05, 4.69) is 24.3 Å². The molecule has 0 radical (unpaired) electrons. The monoisotopic (exact) mass is 664 g/mol. The number of benzene rings is 6. The van der Waals surface area contributed by atoms with Crippen LogP contribution in [0, 0.1) is 0 Å². The van der Waals surface area contributed by atoms with Crippen LogP contribution in [0.3, 0.4) is 0 Å². The van der Waals surface area contributed by atoms with E-state index < -0.39 is 32.0 Å². The first kappa shape index (κ1) is 32.4. The van der Waals surface area contributed by atoms with E-state index in [1.807, 2.05) is 84.9 Å². The van der Waals surface area contributed by atoms with E-state index >= 15 is 0 Å². The molecule has 0 bridgehead atoms. The van der Waals surface area contributed by atoms with E-state index in [-0.39, 0.29) is 22.3 Å². The molecule has 0 aliphatic carbocycles. The van der Waals surface area contributed by atoms with Crippen molar-refractivity contribution in [3.63, 3.8) is 0 Å². The highest BCUT2D eigenvalue weighted by molar-refractivity contribution is 7.19. The molecule has 0 fully saturated rings. The van der Waals surface area contributed by atoms with Crippen LogP contribution in [0.2, 0.25) is 0 Å². The van der Waals surface area contributed by atoms with Gasteiger partial charge in [-0.3, -0.25) is 0 Å². The third-order valence-electron chi connectivity index (χ3n) is 8.68. The number of aromatic carboxylic acids is 4. The second-order valence-corrected chi connectivity index (χ2v) is 15.2. The summed E-state index contributed by atoms with van der Waals surface area (Å²) in [6, 6.07) is 44.7. The molecule has 0 saturated carbocycles. The van der Waals surface area contributed by atoms with Gasteiger partial charge in [0, 0.05) is 0 Å². The third-order valence-corrected chi connectivity index (χ3v) is 13.5. The molecule has 4 N–H and O–H groups in total. The summed E-state index contributed by atoms with van der Waals surface area (Å²) in [6.07, 6.45) is 0. The number of carboxylic acid groups (broad SMARTS) is 4. The van der Waals surface area contributed by atoms with Gasteiger partial charge >= 0.3 is 23.9 Å². The Balaban J connectivity index is 1.52. The topological polar surface area (TPSA) is 149 Å². The molecule has 6 aromatic rings. The Morgan fingerprint density at radius 3 is 0.918 bits per heavy atom. The van der Waals surface area contributed by atoms with Crippen LogP contribution in [-0.2, 0) is 0 Å². The van der Waals surface area contributed by atoms with E-state index in [4.69, 9.17) is 0 Å². The van der Waals surface area contributed by atoms with Gasteiger partial charge in [0.05, 0.1) is 22.3 Å². The Bertz CT molecular complexity index is 2050. The molecule has 9 heteroatoms. The van der Waals surface area contributed by atoms with Gasteiger partial charge in [-0.15, -0.1) is 0 Å². The zero-order chi connectivity index (χ0) is 34.7. The number of rotatable bonds is 10. The van der Waals surface area contributed by atoms with E-state index in [9.17, 15) is 39.6 Å². The van der Waals surface area contributed by atoms with Gasteiger partial charge in [-0.2, -0.15) is 0 Å². The lowest BCUT2D eigenvalue weighted by Crippen LogP contribution is -2.74. The van der Waals surface area contributed by atoms with Gasteiger partial charge in [-0.1, -0.05) is 121 Å². The van der Waals surface area contributed by atoms with E-state index in [0.29, 0.717) is 11.1 Å². The van der Waals surface area contributed by atoms with E-state index in [1.165, 1.54) is 24.3 Å². The summed E-state index contributed by atoms with van der Waals surface area (Å²) in [5.41, 5.74) is 1.43. The molecular weight excluding hydrogens is 637 g/mol. The number of carbonyl (C=O) groups is 4. The number of carboxylic acids is 4. The first-order valence-corrected chi connectivity index (χ1v) is 17.2. The molecular formula is C40H28O8Si. The lowest BCUT2D eigenvalue weighted by Gasteiger charge is -2.34. The van der Waals surface area contributed by atoms with Crippen molar-refractivity contribution in [1.82, 2.24) is 0 Å². The first-order chi connectivity index (χ1) is 23.6. The van der Waals surface area contributed by atoms with Crippen LogP contribution < -0.4 is 20.7 Å². The standard InChI is InChI=1S/C40H28O8Si/c41-37(42)33-21-15-27(23-35(33)39(45)46)25-11-17-31(18-12-25)49(29-7-3-1-4-8-29,30-9-5-2-6-10-30)32-19-13-26(14-20-32)28-16-22-34(38(43)44)36(24-28)40(47)48/h1-24H,(H,41,42)(H,43,44)(H,45,46)(H,47,48). The first-order valence-electron chi connectivity index (χ1n) is 15.2. The van der Waals surface area contributed by atoms with Crippen LogP contribution in [0.25, 0.3) is 22.3 Å². The van der Waals surface area contributed by atoms with Gasteiger partial charge in [0.15, 0.2) is 8.07 Å². The summed E-state index contributed by atoms with van der Waals surface area (Å²) < 4.78 is 0. The summed E-state index contributed by atoms with van der Waals surface area (Å²) in [4.78, 5) is 46.9. The lowest BCUT2D eigenvalue weighted by atomic mass is 9.99. The number of hydrogen-bond donors (Lipinski definition) is 4. The Morgan fingerprint density at radius 1 is 0.327 bits per heavy atom. The minimum atomic E-state index is -3.00. The van der Waals surface area contributed by atoms with Crippen molar-refractivity contribution in [3.05, 3.63) is 168 Å². The fourth-order valence-corrected chi connectivity index (χ4v) is 11.1. The maximum atomic E-state index is 11.9. The van der Waals surface area contributed by atoms with Gasteiger partial charge in [-0.05, 0) is 67.3 Å². The van der Waals surface area contributed by atoms with Crippen molar-refractivity contribution in [2.45, 2.75) is 0 Å². The van der Waals surface area contributed by atoms with Crippen LogP contribution in [0.15, 0.2) is 146 Å². The Hall–Kier alpha value is -6.58. The van der Waals surface area contributed by atoms with Crippen LogP contribution >= 0.6 is 0 Å². The largest absolute Gasteiger partial charge is 0.478 e. The van der Waals surface area contributed by atoms with Gasteiger partial charge in [0.2, 0.25) is 0 Å². The fourth-order valence-electron chi connectivity index (χ4n) is 6.38. The number of hydrogen-bond acceptors (Lipinski definition) is 4. The summed E-state index contributed by atoms with van der Waals surface area (Å²) in [7, 11) is -3.00. The molecule has 240 valence electrons. The quantitative estimate of drug-likeness (QED) is 0.116. The molecule has 0 spiro atoms. The average Bonchev–Trinajstić information content (AvgIpc) is 3.13. The minimum absolute atomic E-state index is 0.284. The molecule has 0 aromatic heterocycles. The van der Waals surface area contributed by atoms with Crippen molar-refractivity contribution in [2.24, 2.45) is 0 Å². The van der Waals surface area contributed by atoms with Crippen molar-refractivity contribution >= 4 is 52.7 Å². The normalized spacial score (nSPS) is 11.1. The molecule has 49 heavy (non-hydrogen) atoms. The highest BCUT2D eigenvalue weighted by Crippen LogP contribution is 2.25. The zero-order valence-electron chi connectivity index (χ0n) is 25.8. The lowest BCUT2D eigenvalue weighted by molar-refractivity contribution is 0.0651. The molecule has 0 aliphatic heterocycles. The van der Waals surface area contributed by atoms with Crippen molar-refractivity contribution in [3.8, 4) is 22.3 Å². The third kappa shape index (κ3) is 6.02. The molecule has 0 heterocycles. The van der Waals surface area contributed by atoms with Crippen LogP contribution in [0.5, 0.6) is 0 Å². The summed E-state index contributed by atoms with van der Waals surface area (Å²) in [6.45, 7) is 0. The molecule has 6 rings (SSSR count). The molecule has 0 atom stereocenters. The van der Waals surface area contributed by atoms with Crippen molar-refractivity contribution < 1.29 is 39.6 Å².